The van der Waals surface area contributed by atoms with Crippen molar-refractivity contribution in [2.75, 3.05) is 0 Å². The number of carboxylic acid groups (broad SMARTS) is 1. The number of nitrogens with zero attached hydrogens (tertiary/aromatic N) is 3. The Morgan fingerprint density at radius 2 is 1.93 bits per heavy atom. The zero-order valence-corrected chi connectivity index (χ0v) is 15.4. The lowest BCUT2D eigenvalue weighted by Crippen LogP contribution is -2.36. The molecule has 2 unspecified atom stereocenters. The molecule has 1 amide bonds. The Morgan fingerprint density at radius 3 is 2.44 bits per heavy atom. The summed E-state index contributed by atoms with van der Waals surface area (Å²) in [6.45, 7) is 4.82. The summed E-state index contributed by atoms with van der Waals surface area (Å²) < 4.78 is 1.42. The Balaban J connectivity index is 2.10. The first-order chi connectivity index (χ1) is 12.7. The van der Waals surface area contributed by atoms with Gasteiger partial charge in [0.25, 0.3) is 0 Å². The van der Waals surface area contributed by atoms with E-state index in [0.717, 1.165) is 0 Å². The number of aliphatic carboxylic acids is 1. The van der Waals surface area contributed by atoms with E-state index in [1.54, 1.807) is 38.1 Å². The van der Waals surface area contributed by atoms with Gasteiger partial charge in [-0.3, -0.25) is 24.4 Å². The van der Waals surface area contributed by atoms with Crippen LogP contribution in [0, 0.1) is 29.9 Å². The van der Waals surface area contributed by atoms with Gasteiger partial charge in [0.05, 0.1) is 23.4 Å². The maximum absolute atomic E-state index is 12.4. The van der Waals surface area contributed by atoms with Gasteiger partial charge in [-0.2, -0.15) is 5.10 Å². The maximum Gasteiger partial charge on any atom is 0.312 e. The molecule has 1 aromatic carbocycles. The Labute approximate surface area is 156 Å². The molecule has 0 bridgehead atoms. The fourth-order valence-electron chi connectivity index (χ4n) is 2.92. The number of carboxylic acids is 1. The number of amides is 1. The average molecular weight is 374 g/mol. The molecule has 0 aliphatic heterocycles. The van der Waals surface area contributed by atoms with Crippen LogP contribution >= 0.6 is 0 Å². The van der Waals surface area contributed by atoms with Crippen LogP contribution in [0.4, 0.5) is 5.69 Å². The van der Waals surface area contributed by atoms with Crippen LogP contribution in [0.2, 0.25) is 0 Å². The summed E-state index contributed by atoms with van der Waals surface area (Å²) in [5.74, 6) is -2.18. The van der Waals surface area contributed by atoms with E-state index in [0.29, 0.717) is 17.0 Å². The first-order valence-electron chi connectivity index (χ1n) is 8.47. The van der Waals surface area contributed by atoms with Crippen LogP contribution in [0.3, 0.4) is 0 Å². The second-order valence-corrected chi connectivity index (χ2v) is 6.33. The molecule has 9 heteroatoms. The van der Waals surface area contributed by atoms with Crippen molar-refractivity contribution in [2.24, 2.45) is 5.92 Å². The first-order valence-corrected chi connectivity index (χ1v) is 8.47. The number of hydrogen-bond donors (Lipinski definition) is 2. The Hall–Kier alpha value is -3.23. The van der Waals surface area contributed by atoms with Crippen LogP contribution in [0.15, 0.2) is 30.3 Å². The summed E-state index contributed by atoms with van der Waals surface area (Å²) in [7, 11) is 0. The number of benzene rings is 1. The molecule has 0 aliphatic carbocycles. The smallest absolute Gasteiger partial charge is 0.312 e. The fraction of sp³-hybridized carbons (Fsp3) is 0.389. The zero-order valence-electron chi connectivity index (χ0n) is 15.4. The third-order valence-electron chi connectivity index (χ3n) is 4.44. The van der Waals surface area contributed by atoms with Crippen LogP contribution in [-0.4, -0.2) is 31.7 Å². The van der Waals surface area contributed by atoms with Gasteiger partial charge >= 0.3 is 11.7 Å². The van der Waals surface area contributed by atoms with E-state index in [2.05, 4.69) is 10.4 Å². The van der Waals surface area contributed by atoms with Gasteiger partial charge in [-0.25, -0.2) is 0 Å². The molecule has 0 saturated carbocycles. The largest absolute Gasteiger partial charge is 0.481 e. The number of rotatable bonds is 8. The lowest BCUT2D eigenvalue weighted by Gasteiger charge is -2.23. The van der Waals surface area contributed by atoms with Gasteiger partial charge < -0.3 is 10.4 Å². The van der Waals surface area contributed by atoms with E-state index in [4.69, 9.17) is 0 Å². The van der Waals surface area contributed by atoms with Crippen molar-refractivity contribution in [1.29, 1.82) is 0 Å². The number of nitrogens with one attached hydrogen (secondary N) is 1. The minimum absolute atomic E-state index is 0.0226. The lowest BCUT2D eigenvalue weighted by atomic mass is 9.94. The highest BCUT2D eigenvalue weighted by Crippen LogP contribution is 2.23. The summed E-state index contributed by atoms with van der Waals surface area (Å²) in [5, 5.41) is 27.2. The van der Waals surface area contributed by atoms with Crippen LogP contribution < -0.4 is 5.32 Å². The van der Waals surface area contributed by atoms with Crippen molar-refractivity contribution in [3.05, 3.63) is 57.4 Å². The molecule has 2 N–H and O–H groups in total. The number of nitro groups is 1. The van der Waals surface area contributed by atoms with Crippen molar-refractivity contribution in [1.82, 2.24) is 15.1 Å². The molecular weight excluding hydrogens is 352 g/mol. The second-order valence-electron chi connectivity index (χ2n) is 6.33. The minimum Gasteiger partial charge on any atom is -0.481 e. The predicted octanol–water partition coefficient (Wildman–Crippen LogP) is 2.38. The van der Waals surface area contributed by atoms with Crippen molar-refractivity contribution < 1.29 is 19.6 Å². The summed E-state index contributed by atoms with van der Waals surface area (Å²) in [6, 6.07) is 8.20. The molecule has 1 heterocycles. The molecule has 0 spiro atoms. The Kier molecular flexibility index (Phi) is 6.27. The average Bonchev–Trinajstić information content (AvgIpc) is 2.91. The van der Waals surface area contributed by atoms with Crippen LogP contribution in [0.25, 0.3) is 0 Å². The molecule has 2 rings (SSSR count). The molecule has 1 aromatic heterocycles. The highest BCUT2D eigenvalue weighted by molar-refractivity contribution is 5.78. The molecule has 0 saturated heterocycles. The molecule has 9 nitrogen and oxygen atoms in total. The van der Waals surface area contributed by atoms with Gasteiger partial charge in [-0.05, 0) is 26.3 Å². The standard InChI is InChI=1S/C18H22N4O5/c1-11(18(24)25)16(14-7-5-4-6-8-14)19-15(23)9-10-21-13(3)17(22(26)27)12(2)20-21/h4-8,11,16H,9-10H2,1-3H3,(H,19,23)(H,24,25). The summed E-state index contributed by atoms with van der Waals surface area (Å²) >= 11 is 0. The van der Waals surface area contributed by atoms with Gasteiger partial charge in [0.15, 0.2) is 0 Å². The molecule has 27 heavy (non-hydrogen) atoms. The summed E-state index contributed by atoms with van der Waals surface area (Å²) in [4.78, 5) is 34.3. The van der Waals surface area contributed by atoms with E-state index >= 15 is 0 Å². The maximum atomic E-state index is 12.4. The zero-order chi connectivity index (χ0) is 20.1. The highest BCUT2D eigenvalue weighted by atomic mass is 16.6. The van der Waals surface area contributed by atoms with E-state index in [-0.39, 0.29) is 24.6 Å². The van der Waals surface area contributed by atoms with E-state index in [9.17, 15) is 24.8 Å². The predicted molar refractivity (Wildman–Crippen MR) is 97.1 cm³/mol. The first kappa shape index (κ1) is 20.1. The number of aromatic nitrogens is 2. The Morgan fingerprint density at radius 1 is 1.30 bits per heavy atom. The molecular formula is C18H22N4O5. The fourth-order valence-corrected chi connectivity index (χ4v) is 2.92. The monoisotopic (exact) mass is 374 g/mol. The van der Waals surface area contributed by atoms with Crippen LogP contribution in [0.1, 0.15) is 36.3 Å². The van der Waals surface area contributed by atoms with Gasteiger partial charge in [-0.15, -0.1) is 0 Å². The van der Waals surface area contributed by atoms with E-state index in [1.807, 2.05) is 6.07 Å². The normalized spacial score (nSPS) is 13.0. The van der Waals surface area contributed by atoms with E-state index in [1.165, 1.54) is 11.6 Å². The summed E-state index contributed by atoms with van der Waals surface area (Å²) in [5.41, 5.74) is 1.31. The quantitative estimate of drug-likeness (QED) is 0.539. The summed E-state index contributed by atoms with van der Waals surface area (Å²) in [6.07, 6.45) is 0.0226. The van der Waals surface area contributed by atoms with Crippen LogP contribution in [0.5, 0.6) is 0 Å². The highest BCUT2D eigenvalue weighted by Gasteiger charge is 2.27. The van der Waals surface area contributed by atoms with Gasteiger partial charge in [-0.1, -0.05) is 30.3 Å². The van der Waals surface area contributed by atoms with Gasteiger partial charge in [0.1, 0.15) is 11.4 Å². The second kappa shape index (κ2) is 8.43. The van der Waals surface area contributed by atoms with Crippen molar-refractivity contribution in [3.63, 3.8) is 0 Å². The number of carbonyl (C=O) groups excluding carboxylic acids is 1. The molecule has 2 aromatic rings. The number of hydrogen-bond acceptors (Lipinski definition) is 5. The number of carbonyl (C=O) groups is 2. The Bertz CT molecular complexity index is 847. The SMILES string of the molecule is Cc1nn(CCC(=O)NC(c2ccccc2)C(C)C(=O)O)c(C)c1[N+](=O)[O-]. The third-order valence-corrected chi connectivity index (χ3v) is 4.44. The lowest BCUT2D eigenvalue weighted by molar-refractivity contribution is -0.386. The van der Waals surface area contributed by atoms with Crippen LogP contribution in [-0.2, 0) is 16.1 Å². The minimum atomic E-state index is -1.02. The molecule has 0 radical (unpaired) electrons. The number of aryl methyl sites for hydroxylation is 2. The van der Waals surface area contributed by atoms with Crippen molar-refractivity contribution >= 4 is 17.6 Å². The molecule has 0 fully saturated rings. The van der Waals surface area contributed by atoms with E-state index < -0.39 is 22.9 Å². The van der Waals surface area contributed by atoms with Crippen molar-refractivity contribution in [3.8, 4) is 0 Å². The third kappa shape index (κ3) is 4.69. The molecule has 0 aliphatic rings. The van der Waals surface area contributed by atoms with Gasteiger partial charge in [0, 0.05) is 6.42 Å². The molecule has 2 atom stereocenters. The van der Waals surface area contributed by atoms with Gasteiger partial charge in [0.2, 0.25) is 5.91 Å². The molecule has 144 valence electrons. The van der Waals surface area contributed by atoms with Crippen molar-refractivity contribution in [2.45, 2.75) is 39.8 Å². The topological polar surface area (TPSA) is 127 Å².